The topological polar surface area (TPSA) is 71.7 Å². The van der Waals surface area contributed by atoms with Crippen molar-refractivity contribution in [1.29, 1.82) is 0 Å². The number of halogens is 1. The number of hydrogen-bond donors (Lipinski definition) is 0. The lowest BCUT2D eigenvalue weighted by Gasteiger charge is -2.30. The molecule has 1 saturated heterocycles. The number of carbonyl (C=O) groups is 1. The van der Waals surface area contributed by atoms with E-state index >= 15 is 0 Å². The third kappa shape index (κ3) is 5.38. The molecule has 6 nitrogen and oxygen atoms in total. The first-order valence-corrected chi connectivity index (χ1v) is 14.8. The normalized spacial score (nSPS) is 18.2. The first kappa shape index (κ1) is 24.5. The van der Waals surface area contributed by atoms with Crippen LogP contribution in [0.25, 0.3) is 10.2 Å². The van der Waals surface area contributed by atoms with E-state index in [0.29, 0.717) is 29.2 Å². The van der Waals surface area contributed by atoms with Gasteiger partial charge in [0.05, 0.1) is 21.0 Å². The van der Waals surface area contributed by atoms with Crippen LogP contribution in [0.2, 0.25) is 5.02 Å². The molecule has 4 rings (SSSR count). The molecule has 1 aliphatic heterocycles. The molecule has 0 saturated carbocycles. The highest BCUT2D eigenvalue weighted by Crippen LogP contribution is 2.26. The number of thiazole rings is 1. The highest BCUT2D eigenvalue weighted by molar-refractivity contribution is 7.98. The highest BCUT2D eigenvalue weighted by atomic mass is 35.5. The lowest BCUT2D eigenvalue weighted by Crippen LogP contribution is -2.42. The van der Waals surface area contributed by atoms with Crippen LogP contribution >= 0.6 is 34.7 Å². The predicted molar refractivity (Wildman–Crippen MR) is 136 cm³/mol. The molecule has 2 heterocycles. The minimum Gasteiger partial charge on any atom is -0.316 e. The maximum absolute atomic E-state index is 13.2. The number of thioether (sulfide) groups is 1. The Labute approximate surface area is 207 Å². The molecule has 1 fully saturated rings. The zero-order chi connectivity index (χ0) is 23.6. The Hall–Kier alpha value is -1.65. The van der Waals surface area contributed by atoms with Gasteiger partial charge in [-0.15, -0.1) is 0 Å². The Morgan fingerprint density at radius 2 is 2.00 bits per heavy atom. The van der Waals surface area contributed by atoms with Gasteiger partial charge in [0.25, 0.3) is 5.91 Å². The summed E-state index contributed by atoms with van der Waals surface area (Å²) < 4.78 is 30.8. The SMILES string of the molecule is CSCCn1c(=NC(=O)C2CCCN(S(=O)(=O)c3ccc(Cl)cc3)C2)sc2cc(C)ccc21. The summed E-state index contributed by atoms with van der Waals surface area (Å²) in [6.07, 6.45) is 3.31. The van der Waals surface area contributed by atoms with Gasteiger partial charge in [0.1, 0.15) is 0 Å². The molecule has 0 N–H and O–H groups in total. The number of amides is 1. The quantitative estimate of drug-likeness (QED) is 0.475. The number of sulfonamides is 1. The Bertz CT molecular complexity index is 1330. The Morgan fingerprint density at radius 3 is 2.73 bits per heavy atom. The van der Waals surface area contributed by atoms with Crippen molar-refractivity contribution in [3.05, 3.63) is 57.9 Å². The molecule has 0 bridgehead atoms. The number of rotatable bonds is 6. The van der Waals surface area contributed by atoms with Crippen molar-refractivity contribution in [2.24, 2.45) is 10.9 Å². The van der Waals surface area contributed by atoms with Gasteiger partial charge in [0.2, 0.25) is 10.0 Å². The Kier molecular flexibility index (Phi) is 7.65. The number of nitrogens with zero attached hydrogens (tertiary/aromatic N) is 3. The van der Waals surface area contributed by atoms with Gasteiger partial charge < -0.3 is 4.57 Å². The molecule has 2 aromatic carbocycles. The van der Waals surface area contributed by atoms with Crippen LogP contribution in [-0.2, 0) is 21.4 Å². The van der Waals surface area contributed by atoms with E-state index in [-0.39, 0.29) is 17.3 Å². The summed E-state index contributed by atoms with van der Waals surface area (Å²) in [4.78, 5) is 18.5. The first-order chi connectivity index (χ1) is 15.8. The van der Waals surface area contributed by atoms with Crippen molar-refractivity contribution in [3.63, 3.8) is 0 Å². The van der Waals surface area contributed by atoms with E-state index in [1.54, 1.807) is 23.9 Å². The van der Waals surface area contributed by atoms with Crippen molar-refractivity contribution in [3.8, 4) is 0 Å². The van der Waals surface area contributed by atoms with E-state index in [9.17, 15) is 13.2 Å². The van der Waals surface area contributed by atoms with Crippen LogP contribution in [0.4, 0.5) is 0 Å². The molecule has 3 aromatic rings. The summed E-state index contributed by atoms with van der Waals surface area (Å²) in [6, 6.07) is 12.4. The van der Waals surface area contributed by atoms with Gasteiger partial charge >= 0.3 is 0 Å². The lowest BCUT2D eigenvalue weighted by atomic mass is 9.99. The van der Waals surface area contributed by atoms with Crippen LogP contribution in [0.3, 0.4) is 0 Å². The van der Waals surface area contributed by atoms with Crippen molar-refractivity contribution >= 4 is 60.8 Å². The van der Waals surface area contributed by atoms with Crippen molar-refractivity contribution < 1.29 is 13.2 Å². The van der Waals surface area contributed by atoms with Crippen LogP contribution in [0.1, 0.15) is 18.4 Å². The van der Waals surface area contributed by atoms with E-state index in [1.807, 2.05) is 6.92 Å². The summed E-state index contributed by atoms with van der Waals surface area (Å²) >= 11 is 9.16. The van der Waals surface area contributed by atoms with Crippen molar-refractivity contribution in [2.45, 2.75) is 31.2 Å². The van der Waals surface area contributed by atoms with Crippen LogP contribution in [0.15, 0.2) is 52.4 Å². The van der Waals surface area contributed by atoms with E-state index in [2.05, 4.69) is 34.0 Å². The monoisotopic (exact) mass is 523 g/mol. The average Bonchev–Trinajstić information content (AvgIpc) is 3.13. The maximum Gasteiger partial charge on any atom is 0.252 e. The number of aryl methyl sites for hydroxylation is 2. The molecule has 1 unspecified atom stereocenters. The van der Waals surface area contributed by atoms with Gasteiger partial charge in [-0.2, -0.15) is 21.1 Å². The molecule has 33 heavy (non-hydrogen) atoms. The fraction of sp³-hybridized carbons (Fsp3) is 0.391. The van der Waals surface area contributed by atoms with Crippen LogP contribution in [0, 0.1) is 12.8 Å². The summed E-state index contributed by atoms with van der Waals surface area (Å²) in [5.74, 6) is 0.200. The molecule has 10 heteroatoms. The molecule has 1 aliphatic rings. The van der Waals surface area contributed by atoms with Crippen molar-refractivity contribution in [2.75, 3.05) is 25.1 Å². The lowest BCUT2D eigenvalue weighted by molar-refractivity contribution is -0.122. The maximum atomic E-state index is 13.2. The van der Waals surface area contributed by atoms with Gasteiger partial charge in [0, 0.05) is 30.4 Å². The fourth-order valence-corrected chi connectivity index (χ4v) is 7.14. The fourth-order valence-electron chi connectivity index (χ4n) is 3.97. The number of piperidine rings is 1. The summed E-state index contributed by atoms with van der Waals surface area (Å²) in [6.45, 7) is 3.34. The number of fused-ring (bicyclic) bond motifs is 1. The number of carbonyl (C=O) groups excluding carboxylic acids is 1. The van der Waals surface area contributed by atoms with E-state index < -0.39 is 15.9 Å². The molecular weight excluding hydrogens is 498 g/mol. The minimum absolute atomic E-state index is 0.141. The van der Waals surface area contributed by atoms with Crippen LogP contribution < -0.4 is 4.80 Å². The zero-order valence-electron chi connectivity index (χ0n) is 18.5. The third-order valence-corrected chi connectivity index (χ3v) is 9.51. The summed E-state index contributed by atoms with van der Waals surface area (Å²) in [5, 5.41) is 0.479. The molecule has 0 spiro atoms. The molecule has 0 aliphatic carbocycles. The zero-order valence-corrected chi connectivity index (χ0v) is 21.7. The highest BCUT2D eigenvalue weighted by Gasteiger charge is 2.33. The number of hydrogen-bond acceptors (Lipinski definition) is 5. The predicted octanol–water partition coefficient (Wildman–Crippen LogP) is 4.56. The summed E-state index contributed by atoms with van der Waals surface area (Å²) in [7, 11) is -3.69. The van der Waals surface area contributed by atoms with Crippen LogP contribution in [-0.4, -0.2) is 48.3 Å². The van der Waals surface area contributed by atoms with Gasteiger partial charge in [-0.1, -0.05) is 29.0 Å². The van der Waals surface area contributed by atoms with E-state index in [4.69, 9.17) is 11.6 Å². The molecular formula is C23H26ClN3O3S3. The molecule has 1 aromatic heterocycles. The van der Waals surface area contributed by atoms with Gasteiger partial charge in [-0.25, -0.2) is 8.42 Å². The third-order valence-electron chi connectivity index (χ3n) is 5.75. The minimum atomic E-state index is -3.69. The standard InChI is InChI=1S/C23H26ClN3O3S3/c1-16-5-10-20-21(14-16)32-23(27(20)12-13-31-2)25-22(28)17-4-3-11-26(15-17)33(29,30)19-8-6-18(24)7-9-19/h5-10,14,17H,3-4,11-13,15H2,1-2H3. The van der Waals surface area contributed by atoms with E-state index in [1.165, 1.54) is 27.8 Å². The molecule has 0 radical (unpaired) electrons. The number of benzene rings is 2. The molecule has 176 valence electrons. The van der Waals surface area contributed by atoms with Gasteiger partial charge in [-0.3, -0.25) is 4.79 Å². The molecule has 1 amide bonds. The summed E-state index contributed by atoms with van der Waals surface area (Å²) in [5.41, 5.74) is 2.23. The van der Waals surface area contributed by atoms with Gasteiger partial charge in [0.15, 0.2) is 4.80 Å². The number of aromatic nitrogens is 1. The largest absolute Gasteiger partial charge is 0.316 e. The first-order valence-electron chi connectivity index (χ1n) is 10.7. The smallest absolute Gasteiger partial charge is 0.252 e. The van der Waals surface area contributed by atoms with E-state index in [0.717, 1.165) is 28.1 Å². The second-order valence-electron chi connectivity index (χ2n) is 8.11. The van der Waals surface area contributed by atoms with Crippen LogP contribution in [0.5, 0.6) is 0 Å². The Morgan fingerprint density at radius 1 is 1.24 bits per heavy atom. The van der Waals surface area contributed by atoms with Crippen molar-refractivity contribution in [1.82, 2.24) is 8.87 Å². The molecule has 1 atom stereocenters. The second-order valence-corrected chi connectivity index (χ2v) is 12.5. The average molecular weight is 524 g/mol. The second kappa shape index (κ2) is 10.3. The Balaban J connectivity index is 1.62. The van der Waals surface area contributed by atoms with Gasteiger partial charge in [-0.05, 0) is 68.0 Å².